The van der Waals surface area contributed by atoms with Gasteiger partial charge in [-0.15, -0.1) is 0 Å². The fraction of sp³-hybridized carbons (Fsp3) is 0.250. The molecule has 1 saturated heterocycles. The first-order valence-corrected chi connectivity index (χ1v) is 9.80. The van der Waals surface area contributed by atoms with E-state index in [9.17, 15) is 18.8 Å². The number of benzene rings is 2. The molecule has 31 heavy (non-hydrogen) atoms. The van der Waals surface area contributed by atoms with Crippen molar-refractivity contribution in [3.8, 4) is 5.75 Å². The lowest BCUT2D eigenvalue weighted by Crippen LogP contribution is -2.43. The summed E-state index contributed by atoms with van der Waals surface area (Å²) in [7, 11) is 0. The monoisotopic (exact) mass is 445 g/mol. The summed E-state index contributed by atoms with van der Waals surface area (Å²) >= 11 is 5.77. The van der Waals surface area contributed by atoms with Crippen molar-refractivity contribution < 1.29 is 23.5 Å². The number of rotatable bonds is 6. The average Bonchev–Trinajstić information content (AvgIpc) is 3.25. The van der Waals surface area contributed by atoms with Crippen molar-refractivity contribution in [2.45, 2.75) is 19.0 Å². The Labute approximate surface area is 181 Å². The third kappa shape index (κ3) is 3.93. The molecule has 2 heterocycles. The fourth-order valence-corrected chi connectivity index (χ4v) is 3.56. The maximum Gasteiger partial charge on any atom is 0.263 e. The van der Waals surface area contributed by atoms with E-state index in [-0.39, 0.29) is 17.3 Å². The van der Waals surface area contributed by atoms with Crippen LogP contribution in [0.3, 0.4) is 0 Å². The van der Waals surface area contributed by atoms with Crippen molar-refractivity contribution in [2.24, 2.45) is 10.3 Å². The van der Waals surface area contributed by atoms with Crippen LogP contribution < -0.4 is 15.0 Å². The van der Waals surface area contributed by atoms with Gasteiger partial charge in [0, 0.05) is 5.69 Å². The summed E-state index contributed by atoms with van der Waals surface area (Å²) in [6.45, 7) is 2.12. The van der Waals surface area contributed by atoms with Gasteiger partial charge in [-0.2, -0.15) is 5.11 Å². The maximum absolute atomic E-state index is 13.4. The van der Waals surface area contributed by atoms with Gasteiger partial charge in [-0.25, -0.2) is 9.29 Å². The minimum atomic E-state index is -1.07. The number of nitrogens with one attached hydrogen (secondary N) is 1. The van der Waals surface area contributed by atoms with E-state index in [2.05, 4.69) is 15.7 Å². The van der Waals surface area contributed by atoms with Crippen molar-refractivity contribution in [1.82, 2.24) is 5.01 Å². The fourth-order valence-electron chi connectivity index (χ4n) is 3.38. The number of carbonyl (C=O) groups is 3. The van der Waals surface area contributed by atoms with Crippen molar-refractivity contribution in [3.63, 3.8) is 0 Å². The molecule has 9 nitrogen and oxygen atoms in total. The van der Waals surface area contributed by atoms with Crippen molar-refractivity contribution in [1.29, 1.82) is 0 Å². The molecule has 0 radical (unpaired) electrons. The number of hydrogen-bond acceptors (Lipinski definition) is 7. The average molecular weight is 446 g/mol. The van der Waals surface area contributed by atoms with E-state index in [1.807, 2.05) is 6.92 Å². The van der Waals surface area contributed by atoms with Crippen LogP contribution in [0.5, 0.6) is 5.75 Å². The second kappa shape index (κ2) is 8.31. The van der Waals surface area contributed by atoms with Crippen LogP contribution in [0.15, 0.2) is 52.8 Å². The number of fused-ring (bicyclic) bond motifs is 1. The highest BCUT2D eigenvalue weighted by Gasteiger charge is 2.55. The van der Waals surface area contributed by atoms with Crippen LogP contribution in [0.2, 0.25) is 5.02 Å². The van der Waals surface area contributed by atoms with Gasteiger partial charge in [0.15, 0.2) is 12.1 Å². The van der Waals surface area contributed by atoms with Gasteiger partial charge in [-0.3, -0.25) is 19.4 Å². The van der Waals surface area contributed by atoms with Gasteiger partial charge in [0.05, 0.1) is 17.3 Å². The predicted octanol–water partition coefficient (Wildman–Crippen LogP) is 2.81. The number of hydrogen-bond donors (Lipinski definition) is 1. The largest absolute Gasteiger partial charge is 0.494 e. The highest BCUT2D eigenvalue weighted by Crippen LogP contribution is 2.33. The molecular weight excluding hydrogens is 429 g/mol. The molecule has 0 bridgehead atoms. The molecule has 4 rings (SSSR count). The Morgan fingerprint density at radius 3 is 2.61 bits per heavy atom. The second-order valence-corrected chi connectivity index (χ2v) is 7.22. The number of halogens is 2. The van der Waals surface area contributed by atoms with Gasteiger partial charge >= 0.3 is 0 Å². The molecule has 0 aromatic heterocycles. The molecule has 3 amide bonds. The number of amides is 3. The van der Waals surface area contributed by atoms with Crippen molar-refractivity contribution in [3.05, 3.63) is 53.3 Å². The van der Waals surface area contributed by atoms with Crippen LogP contribution in [-0.2, 0) is 14.4 Å². The number of ether oxygens (including phenoxy) is 1. The molecule has 1 N–H and O–H groups in total. The molecule has 0 spiro atoms. The van der Waals surface area contributed by atoms with E-state index in [0.717, 1.165) is 11.0 Å². The van der Waals surface area contributed by atoms with Crippen molar-refractivity contribution >= 4 is 40.7 Å². The standard InChI is InChI=1S/C20H17ClFN5O4/c1-2-31-13-6-3-11(4-7-13)23-16(28)10-26-18-17(24-25-26)19(29)27(20(18)30)12-5-8-15(22)14(21)9-12/h3-9,17-18H,2,10H2,1H3,(H,23,28)/t17-,18+/m1/s1. The first kappa shape index (κ1) is 20.7. The molecule has 2 aromatic rings. The summed E-state index contributed by atoms with van der Waals surface area (Å²) < 4.78 is 18.8. The quantitative estimate of drug-likeness (QED) is 0.688. The summed E-state index contributed by atoms with van der Waals surface area (Å²) in [5.41, 5.74) is 0.669. The van der Waals surface area contributed by atoms with Crippen LogP contribution >= 0.6 is 11.6 Å². The van der Waals surface area contributed by atoms with Gasteiger partial charge in [-0.05, 0) is 49.4 Å². The Morgan fingerprint density at radius 2 is 1.94 bits per heavy atom. The topological polar surface area (TPSA) is 104 Å². The number of carbonyl (C=O) groups excluding carboxylic acids is 3. The third-order valence-electron chi connectivity index (χ3n) is 4.77. The molecule has 0 saturated carbocycles. The molecule has 2 aliphatic heterocycles. The highest BCUT2D eigenvalue weighted by atomic mass is 35.5. The molecule has 0 unspecified atom stereocenters. The zero-order valence-corrected chi connectivity index (χ0v) is 17.0. The molecule has 160 valence electrons. The zero-order valence-electron chi connectivity index (χ0n) is 16.3. The zero-order chi connectivity index (χ0) is 22.1. The van der Waals surface area contributed by atoms with Crippen LogP contribution in [-0.4, -0.2) is 48.0 Å². The Balaban J connectivity index is 1.45. The Bertz CT molecular complexity index is 1080. The summed E-state index contributed by atoms with van der Waals surface area (Å²) in [5.74, 6) is -1.66. The van der Waals surface area contributed by atoms with Crippen LogP contribution in [0, 0.1) is 5.82 Å². The van der Waals surface area contributed by atoms with Crippen LogP contribution in [0.25, 0.3) is 0 Å². The smallest absolute Gasteiger partial charge is 0.263 e. The first-order chi connectivity index (χ1) is 14.9. The lowest BCUT2D eigenvalue weighted by Gasteiger charge is -2.20. The Kier molecular flexibility index (Phi) is 5.55. The van der Waals surface area contributed by atoms with E-state index in [1.165, 1.54) is 17.1 Å². The summed E-state index contributed by atoms with van der Waals surface area (Å²) in [5, 5.41) is 11.3. The van der Waals surface area contributed by atoms with E-state index in [1.54, 1.807) is 24.3 Å². The van der Waals surface area contributed by atoms with Gasteiger partial charge < -0.3 is 10.1 Å². The summed E-state index contributed by atoms with van der Waals surface area (Å²) in [6, 6.07) is 8.20. The Morgan fingerprint density at radius 1 is 1.19 bits per heavy atom. The van der Waals surface area contributed by atoms with E-state index >= 15 is 0 Å². The molecule has 2 aliphatic rings. The number of imide groups is 1. The molecule has 0 aliphatic carbocycles. The van der Waals surface area contributed by atoms with E-state index in [4.69, 9.17) is 16.3 Å². The molecule has 1 fully saturated rings. The second-order valence-electron chi connectivity index (χ2n) is 6.81. The lowest BCUT2D eigenvalue weighted by molar-refractivity contribution is -0.123. The van der Waals surface area contributed by atoms with E-state index in [0.29, 0.717) is 18.0 Å². The molecule has 2 aromatic carbocycles. The minimum Gasteiger partial charge on any atom is -0.494 e. The summed E-state index contributed by atoms with van der Waals surface area (Å²) in [4.78, 5) is 38.9. The number of anilines is 2. The first-order valence-electron chi connectivity index (χ1n) is 9.42. The normalized spacial score (nSPS) is 19.7. The third-order valence-corrected chi connectivity index (χ3v) is 5.06. The SMILES string of the molecule is CCOc1ccc(NC(=O)CN2N=N[C@H]3C(=O)N(c4ccc(F)c(Cl)c4)C(=O)[C@H]32)cc1. The van der Waals surface area contributed by atoms with Gasteiger partial charge in [0.1, 0.15) is 18.1 Å². The lowest BCUT2D eigenvalue weighted by atomic mass is 10.1. The molecule has 11 heteroatoms. The van der Waals surface area contributed by atoms with Gasteiger partial charge in [-0.1, -0.05) is 16.8 Å². The van der Waals surface area contributed by atoms with Gasteiger partial charge in [0.25, 0.3) is 11.8 Å². The predicted molar refractivity (Wildman–Crippen MR) is 109 cm³/mol. The van der Waals surface area contributed by atoms with E-state index < -0.39 is 35.6 Å². The molecular formula is C20H17ClFN5O4. The minimum absolute atomic E-state index is 0.129. The summed E-state index contributed by atoms with van der Waals surface area (Å²) in [6.07, 6.45) is 0. The Hall–Kier alpha value is -3.53. The highest BCUT2D eigenvalue weighted by molar-refractivity contribution is 6.32. The van der Waals surface area contributed by atoms with Crippen LogP contribution in [0.1, 0.15) is 6.92 Å². The maximum atomic E-state index is 13.4. The van der Waals surface area contributed by atoms with Crippen molar-refractivity contribution in [2.75, 3.05) is 23.4 Å². The van der Waals surface area contributed by atoms with Crippen LogP contribution in [0.4, 0.5) is 15.8 Å². The number of nitrogens with zero attached hydrogens (tertiary/aromatic N) is 4. The molecule has 2 atom stereocenters. The van der Waals surface area contributed by atoms with Gasteiger partial charge in [0.2, 0.25) is 5.91 Å².